The van der Waals surface area contributed by atoms with Gasteiger partial charge in [0.1, 0.15) is 10.9 Å². The van der Waals surface area contributed by atoms with E-state index in [1.165, 1.54) is 30.6 Å². The number of aliphatic hydroxyl groups is 4. The van der Waals surface area contributed by atoms with Crippen molar-refractivity contribution >= 4 is 103 Å². The highest BCUT2D eigenvalue weighted by Gasteiger charge is 2.32. The number of aryl methyl sites for hydroxylation is 3. The summed E-state index contributed by atoms with van der Waals surface area (Å²) < 4.78 is 16.1. The van der Waals surface area contributed by atoms with Crippen LogP contribution < -0.4 is 0 Å². The summed E-state index contributed by atoms with van der Waals surface area (Å²) in [6, 6.07) is 6.28. The van der Waals surface area contributed by atoms with Crippen LogP contribution in [0.5, 0.6) is 0 Å². The third kappa shape index (κ3) is 14.9. The minimum absolute atomic E-state index is 0.0291. The number of thioether (sulfide) groups is 4. The molecule has 3 aromatic rings. The molecule has 8 bridgehead atoms. The Bertz CT molecular complexity index is 2570. The molecule has 18 heteroatoms. The largest absolute Gasteiger partial charge is 0.469 e. The molecule has 7 unspecified atom stereocenters. The van der Waals surface area contributed by atoms with Crippen molar-refractivity contribution in [1.29, 1.82) is 0 Å². The maximum absolute atomic E-state index is 14.6. The first kappa shape index (κ1) is 56.9. The molecule has 71 heavy (non-hydrogen) atoms. The number of allylic oxidation sites excluding steroid dienone is 1. The molecule has 4 aliphatic heterocycles. The molecular formula is C53H72N4O10S4. The molecule has 3 aromatic heterocycles. The lowest BCUT2D eigenvalue weighted by Crippen LogP contribution is -2.36. The number of methoxy groups -OCH3 is 1. The lowest BCUT2D eigenvalue weighted by Gasteiger charge is -2.31. The van der Waals surface area contributed by atoms with Crippen molar-refractivity contribution < 1.29 is 49.0 Å². The molecule has 6 N–H and O–H groups in total. The number of fused-ring (bicyclic) bond motifs is 8. The average molecular weight is 1050 g/mol. The molecule has 2 fully saturated rings. The summed E-state index contributed by atoms with van der Waals surface area (Å²) in [4.78, 5) is 56.6. The number of rotatable bonds is 18. The Morgan fingerprint density at radius 3 is 1.97 bits per heavy atom. The van der Waals surface area contributed by atoms with Crippen molar-refractivity contribution in [2.75, 3.05) is 43.3 Å². The Morgan fingerprint density at radius 2 is 1.41 bits per heavy atom. The van der Waals surface area contributed by atoms with Gasteiger partial charge in [0.05, 0.1) is 61.7 Å². The summed E-state index contributed by atoms with van der Waals surface area (Å²) in [6.45, 7) is 16.1. The van der Waals surface area contributed by atoms with E-state index in [9.17, 15) is 34.8 Å². The van der Waals surface area contributed by atoms with Gasteiger partial charge in [0.2, 0.25) is 5.12 Å². The van der Waals surface area contributed by atoms with Crippen molar-refractivity contribution in [2.45, 2.75) is 147 Å². The van der Waals surface area contributed by atoms with E-state index >= 15 is 0 Å². The van der Waals surface area contributed by atoms with Gasteiger partial charge in [-0.15, -0.1) is 23.5 Å². The number of ether oxygens (including phenoxy) is 3. The predicted molar refractivity (Wildman–Crippen MR) is 292 cm³/mol. The van der Waals surface area contributed by atoms with Gasteiger partial charge in [0, 0.05) is 101 Å². The number of nitrogens with one attached hydrogen (secondary N) is 2. The van der Waals surface area contributed by atoms with Gasteiger partial charge in [-0.1, -0.05) is 56.9 Å². The second-order valence-electron chi connectivity index (χ2n) is 18.4. The topological polar surface area (TPSA) is 217 Å². The fourth-order valence-corrected chi connectivity index (χ4v) is 13.6. The highest BCUT2D eigenvalue weighted by molar-refractivity contribution is 8.14. The van der Waals surface area contributed by atoms with E-state index in [0.29, 0.717) is 72.6 Å². The van der Waals surface area contributed by atoms with E-state index in [2.05, 4.69) is 61.1 Å². The van der Waals surface area contributed by atoms with Gasteiger partial charge >= 0.3 is 5.97 Å². The van der Waals surface area contributed by atoms with Gasteiger partial charge in [-0.25, -0.2) is 4.98 Å². The zero-order chi connectivity index (χ0) is 51.4. The SMILES string of the molecule is C=Cc1c(C)c2cc3nc(c(CC(=O)SCCCSC4CC(O)CC(CO)O4)c4nc(cc5[nH]c(cc1[nH]2)c(C)c5CC)C(C)=C4C(=O)SCCCSC1CC(O)CC(CO)O1)CC3C.CCC(=O)OC. The molecule has 0 spiro atoms. The molecule has 0 amide bonds. The summed E-state index contributed by atoms with van der Waals surface area (Å²) in [5.74, 6) is 2.51. The van der Waals surface area contributed by atoms with Crippen LogP contribution in [0.3, 0.4) is 0 Å². The minimum atomic E-state index is -0.505. The first-order valence-corrected chi connectivity index (χ1v) is 28.8. The summed E-state index contributed by atoms with van der Waals surface area (Å²) in [5.41, 5.74) is 12.5. The molecule has 4 aliphatic rings. The molecule has 0 aromatic carbocycles. The van der Waals surface area contributed by atoms with E-state index in [1.807, 2.05) is 19.1 Å². The molecule has 388 valence electrons. The van der Waals surface area contributed by atoms with Gasteiger partial charge in [0.15, 0.2) is 5.12 Å². The van der Waals surface area contributed by atoms with Crippen LogP contribution in [0.2, 0.25) is 0 Å². The van der Waals surface area contributed by atoms with Crippen LogP contribution in [0, 0.1) is 13.8 Å². The van der Waals surface area contributed by atoms with E-state index in [4.69, 9.17) is 19.4 Å². The first-order chi connectivity index (χ1) is 34.1. The third-order valence-corrected chi connectivity index (χ3v) is 17.5. The molecule has 7 heterocycles. The van der Waals surface area contributed by atoms with E-state index in [1.54, 1.807) is 30.4 Å². The Morgan fingerprint density at radius 1 is 0.803 bits per heavy atom. The zero-order valence-electron chi connectivity index (χ0n) is 42.1. The number of H-pyrrole nitrogens is 2. The highest BCUT2D eigenvalue weighted by atomic mass is 32.2. The summed E-state index contributed by atoms with van der Waals surface area (Å²) >= 11 is 5.73. The second-order valence-corrected chi connectivity index (χ2v) is 23.1. The molecule has 0 saturated carbocycles. The van der Waals surface area contributed by atoms with Crippen molar-refractivity contribution in [3.8, 4) is 0 Å². The predicted octanol–water partition coefficient (Wildman–Crippen LogP) is 9.01. The number of carbonyl (C=O) groups is 3. The van der Waals surface area contributed by atoms with Crippen LogP contribution in [0.15, 0.2) is 24.8 Å². The fraction of sp³-hybridized carbons (Fsp3) is 0.566. The Kier molecular flexibility index (Phi) is 21.8. The average Bonchev–Trinajstić information content (AvgIpc) is 4.06. The van der Waals surface area contributed by atoms with E-state index < -0.39 is 12.2 Å². The Hall–Kier alpha value is -3.43. The second kappa shape index (κ2) is 27.2. The molecule has 7 rings (SSSR count). The molecular weight excluding hydrogens is 981 g/mol. The van der Waals surface area contributed by atoms with E-state index in [-0.39, 0.29) is 64.8 Å². The standard InChI is InChI=1S/C49H64N4O8S4.C4H8O2/c1-7-34-27(4)38-21-37-26(3)15-41(50-37)36(20-44(58)62-11-9-12-63-45-18-30(56)16-32(24-54)60-45)48-47(49(59)65-14-10-13-64-46-19-31(57)17-33(25-55)61-46)29(6)40(53-48)23-43-35(8-2)28(5)39(52-43)22-42(34)51-38;1-3-4(5)6-2/h7,21-23,26,30-33,45-46,51-52,54-57H,1,8-20,24-25H2,2-6H3;3H2,1-2H3. The van der Waals surface area contributed by atoms with Gasteiger partial charge in [-0.2, -0.15) is 0 Å². The highest BCUT2D eigenvalue weighted by Crippen LogP contribution is 2.39. The summed E-state index contributed by atoms with van der Waals surface area (Å²) in [5, 5.41) is 39.6. The number of nitrogens with zero attached hydrogens (tertiary/aromatic N) is 2. The van der Waals surface area contributed by atoms with Gasteiger partial charge in [-0.3, -0.25) is 19.4 Å². The zero-order valence-corrected chi connectivity index (χ0v) is 45.4. The van der Waals surface area contributed by atoms with Gasteiger partial charge < -0.3 is 44.6 Å². The summed E-state index contributed by atoms with van der Waals surface area (Å²) in [7, 11) is 1.38. The van der Waals surface area contributed by atoms with E-state index in [0.717, 1.165) is 92.0 Å². The minimum Gasteiger partial charge on any atom is -0.469 e. The van der Waals surface area contributed by atoms with Crippen LogP contribution in [0.1, 0.15) is 129 Å². The lowest BCUT2D eigenvalue weighted by molar-refractivity contribution is -0.140. The number of carbonyl (C=O) groups excluding carboxylic acids is 3. The molecule has 2 saturated heterocycles. The van der Waals surface area contributed by atoms with Crippen molar-refractivity contribution in [3.05, 3.63) is 75.4 Å². The molecule has 7 atom stereocenters. The summed E-state index contributed by atoms with van der Waals surface area (Å²) in [6.07, 6.45) is 5.42. The third-order valence-electron chi connectivity index (χ3n) is 13.2. The van der Waals surface area contributed by atoms with Crippen molar-refractivity contribution in [2.24, 2.45) is 0 Å². The maximum atomic E-state index is 14.6. The van der Waals surface area contributed by atoms with Crippen LogP contribution >= 0.6 is 47.0 Å². The number of aliphatic hydroxyl groups excluding tert-OH is 4. The first-order valence-electron chi connectivity index (χ1n) is 24.7. The quantitative estimate of drug-likeness (QED) is 0.0517. The molecule has 0 aliphatic carbocycles. The van der Waals surface area contributed by atoms with Crippen LogP contribution in [-0.4, -0.2) is 135 Å². The number of hydrogen-bond acceptors (Lipinski definition) is 16. The van der Waals surface area contributed by atoms with Crippen molar-refractivity contribution in [3.63, 3.8) is 0 Å². The Balaban J connectivity index is 0.00000129. The Labute approximate surface area is 434 Å². The number of aromatic nitrogens is 4. The molecule has 14 nitrogen and oxygen atoms in total. The van der Waals surface area contributed by atoms with Crippen molar-refractivity contribution in [1.82, 2.24) is 19.9 Å². The van der Waals surface area contributed by atoms with Crippen LogP contribution in [0.25, 0.3) is 39.3 Å². The number of aromatic amines is 2. The molecule has 0 radical (unpaired) electrons. The van der Waals surface area contributed by atoms with Gasteiger partial charge in [0.25, 0.3) is 0 Å². The number of esters is 1. The van der Waals surface area contributed by atoms with Gasteiger partial charge in [-0.05, 0) is 98.4 Å². The normalized spacial score (nSPS) is 22.2. The number of hydrogen-bond donors (Lipinski definition) is 6. The fourth-order valence-electron chi connectivity index (χ4n) is 9.23. The smallest absolute Gasteiger partial charge is 0.305 e. The van der Waals surface area contributed by atoms with Crippen LogP contribution in [-0.2, 0) is 47.9 Å². The van der Waals surface area contributed by atoms with Crippen LogP contribution in [0.4, 0.5) is 0 Å². The monoisotopic (exact) mass is 1050 g/mol. The maximum Gasteiger partial charge on any atom is 0.305 e. The lowest BCUT2D eigenvalue weighted by atomic mass is 9.97.